The van der Waals surface area contributed by atoms with Gasteiger partial charge in [0.2, 0.25) is 0 Å². The summed E-state index contributed by atoms with van der Waals surface area (Å²) in [6.45, 7) is 7.10. The zero-order valence-electron chi connectivity index (χ0n) is 11.2. The average Bonchev–Trinajstić information content (AvgIpc) is 3.08. The first-order valence-electron chi connectivity index (χ1n) is 6.56. The third kappa shape index (κ3) is 3.14. The van der Waals surface area contributed by atoms with Crippen molar-refractivity contribution in [2.75, 3.05) is 6.54 Å². The maximum atomic E-state index is 12.6. The van der Waals surface area contributed by atoms with E-state index >= 15 is 0 Å². The van der Waals surface area contributed by atoms with Gasteiger partial charge in [-0.1, -0.05) is 6.07 Å². The van der Waals surface area contributed by atoms with Gasteiger partial charge in [-0.2, -0.15) is 0 Å². The predicted octanol–water partition coefficient (Wildman–Crippen LogP) is 4.02. The number of carbonyl (C=O) groups is 1. The molecule has 1 saturated carbocycles. The number of aryl methyl sites for hydroxylation is 1. The lowest BCUT2D eigenvalue weighted by molar-refractivity contribution is 0.0695. The summed E-state index contributed by atoms with van der Waals surface area (Å²) >= 11 is 3.50. The minimum atomic E-state index is 0.142. The Morgan fingerprint density at radius 2 is 2.11 bits per heavy atom. The first kappa shape index (κ1) is 13.6. The van der Waals surface area contributed by atoms with Crippen LogP contribution in [0.5, 0.6) is 0 Å². The summed E-state index contributed by atoms with van der Waals surface area (Å²) in [6, 6.07) is 6.17. The first-order chi connectivity index (χ1) is 8.49. The van der Waals surface area contributed by atoms with E-state index in [9.17, 15) is 4.79 Å². The normalized spacial score (nSPS) is 14.9. The zero-order chi connectivity index (χ0) is 13.3. The number of carbonyl (C=O) groups excluding carboxylic acids is 1. The van der Waals surface area contributed by atoms with Crippen LogP contribution in [0, 0.1) is 12.8 Å². The van der Waals surface area contributed by atoms with E-state index in [1.807, 2.05) is 30.0 Å². The van der Waals surface area contributed by atoms with Gasteiger partial charge in [-0.15, -0.1) is 0 Å². The molecular weight excluding hydrogens is 290 g/mol. The van der Waals surface area contributed by atoms with Crippen molar-refractivity contribution in [2.45, 2.75) is 39.7 Å². The Morgan fingerprint density at radius 1 is 1.44 bits per heavy atom. The van der Waals surface area contributed by atoms with Gasteiger partial charge in [0.25, 0.3) is 5.91 Å². The molecule has 0 aliphatic heterocycles. The van der Waals surface area contributed by atoms with Crippen molar-refractivity contribution >= 4 is 21.8 Å². The quantitative estimate of drug-likeness (QED) is 0.822. The third-order valence-corrected chi connectivity index (χ3v) is 4.05. The van der Waals surface area contributed by atoms with E-state index in [4.69, 9.17) is 0 Å². The van der Waals surface area contributed by atoms with Crippen molar-refractivity contribution in [3.05, 3.63) is 33.8 Å². The molecule has 2 nitrogen and oxygen atoms in total. The molecule has 0 bridgehead atoms. The maximum absolute atomic E-state index is 12.6. The Bertz CT molecular complexity index is 452. The monoisotopic (exact) mass is 309 g/mol. The van der Waals surface area contributed by atoms with Gasteiger partial charge in [0.15, 0.2) is 0 Å². The van der Waals surface area contributed by atoms with E-state index < -0.39 is 0 Å². The Hall–Kier alpha value is -0.830. The number of halogens is 1. The highest BCUT2D eigenvalue weighted by molar-refractivity contribution is 9.10. The van der Waals surface area contributed by atoms with E-state index in [1.165, 1.54) is 12.8 Å². The van der Waals surface area contributed by atoms with E-state index in [1.54, 1.807) is 0 Å². The smallest absolute Gasteiger partial charge is 0.255 e. The molecule has 1 aromatic carbocycles. The van der Waals surface area contributed by atoms with Gasteiger partial charge in [0.05, 0.1) is 5.56 Å². The molecule has 98 valence electrons. The van der Waals surface area contributed by atoms with Gasteiger partial charge >= 0.3 is 0 Å². The van der Waals surface area contributed by atoms with Crippen LogP contribution in [0.2, 0.25) is 0 Å². The van der Waals surface area contributed by atoms with Gasteiger partial charge in [-0.05, 0) is 73.2 Å². The fraction of sp³-hybridized carbons (Fsp3) is 0.533. The van der Waals surface area contributed by atoms with Crippen LogP contribution in [0.15, 0.2) is 22.7 Å². The van der Waals surface area contributed by atoms with Crippen LogP contribution >= 0.6 is 15.9 Å². The van der Waals surface area contributed by atoms with E-state index in [-0.39, 0.29) is 11.9 Å². The standard InChI is InChI=1S/C15H20BrNO/c1-10(2)17(9-12-5-6-12)15(18)13-7-4-11(3)8-14(13)16/h4,7-8,10,12H,5-6,9H2,1-3H3. The minimum Gasteiger partial charge on any atom is -0.336 e. The highest BCUT2D eigenvalue weighted by Gasteiger charge is 2.29. The fourth-order valence-corrected chi connectivity index (χ4v) is 2.72. The minimum absolute atomic E-state index is 0.142. The SMILES string of the molecule is Cc1ccc(C(=O)N(CC2CC2)C(C)C)c(Br)c1. The molecule has 0 radical (unpaired) electrons. The van der Waals surface area contributed by atoms with E-state index in [2.05, 4.69) is 29.8 Å². The molecule has 0 spiro atoms. The molecule has 1 aliphatic carbocycles. The Labute approximate surface area is 117 Å². The maximum Gasteiger partial charge on any atom is 0.255 e. The molecule has 1 amide bonds. The Morgan fingerprint density at radius 3 is 2.61 bits per heavy atom. The molecule has 18 heavy (non-hydrogen) atoms. The second kappa shape index (κ2) is 5.43. The van der Waals surface area contributed by atoms with Crippen molar-refractivity contribution in [1.82, 2.24) is 4.90 Å². The summed E-state index contributed by atoms with van der Waals surface area (Å²) < 4.78 is 0.897. The number of benzene rings is 1. The van der Waals surface area contributed by atoms with Crippen molar-refractivity contribution in [2.24, 2.45) is 5.92 Å². The lowest BCUT2D eigenvalue weighted by Gasteiger charge is -2.27. The number of rotatable bonds is 4. The summed E-state index contributed by atoms with van der Waals surface area (Å²) in [6.07, 6.45) is 2.54. The van der Waals surface area contributed by atoms with Crippen LogP contribution < -0.4 is 0 Å². The van der Waals surface area contributed by atoms with Crippen molar-refractivity contribution in [3.63, 3.8) is 0 Å². The molecule has 0 heterocycles. The molecule has 0 N–H and O–H groups in total. The summed E-state index contributed by atoms with van der Waals surface area (Å²) in [7, 11) is 0. The lowest BCUT2D eigenvalue weighted by Crippen LogP contribution is -2.38. The molecule has 0 unspecified atom stereocenters. The van der Waals surface area contributed by atoms with Gasteiger partial charge in [-0.25, -0.2) is 0 Å². The highest BCUT2D eigenvalue weighted by atomic mass is 79.9. The van der Waals surface area contributed by atoms with Gasteiger partial charge in [0.1, 0.15) is 0 Å². The van der Waals surface area contributed by atoms with Crippen LogP contribution in [-0.4, -0.2) is 23.4 Å². The Kier molecular flexibility index (Phi) is 4.10. The molecule has 0 saturated heterocycles. The zero-order valence-corrected chi connectivity index (χ0v) is 12.8. The fourth-order valence-electron chi connectivity index (χ4n) is 2.06. The van der Waals surface area contributed by atoms with E-state index in [0.717, 1.165) is 28.1 Å². The average molecular weight is 310 g/mol. The van der Waals surface area contributed by atoms with Crippen LogP contribution in [0.1, 0.15) is 42.6 Å². The summed E-state index contributed by atoms with van der Waals surface area (Å²) in [5.41, 5.74) is 1.94. The molecule has 2 rings (SSSR count). The van der Waals surface area contributed by atoms with Crippen LogP contribution in [-0.2, 0) is 0 Å². The van der Waals surface area contributed by atoms with Gasteiger partial charge < -0.3 is 4.90 Å². The number of amides is 1. The highest BCUT2D eigenvalue weighted by Crippen LogP contribution is 2.31. The predicted molar refractivity (Wildman–Crippen MR) is 77.8 cm³/mol. The molecular formula is C15H20BrNO. The van der Waals surface area contributed by atoms with Gasteiger partial charge in [-0.3, -0.25) is 4.79 Å². The number of nitrogens with zero attached hydrogens (tertiary/aromatic N) is 1. The van der Waals surface area contributed by atoms with Gasteiger partial charge in [0, 0.05) is 17.1 Å². The molecule has 3 heteroatoms. The van der Waals surface area contributed by atoms with Crippen molar-refractivity contribution in [3.8, 4) is 0 Å². The topological polar surface area (TPSA) is 20.3 Å². The van der Waals surface area contributed by atoms with Crippen molar-refractivity contribution in [1.29, 1.82) is 0 Å². The molecule has 1 fully saturated rings. The first-order valence-corrected chi connectivity index (χ1v) is 7.35. The third-order valence-electron chi connectivity index (χ3n) is 3.39. The Balaban J connectivity index is 2.20. The van der Waals surface area contributed by atoms with E-state index in [0.29, 0.717) is 0 Å². The number of hydrogen-bond acceptors (Lipinski definition) is 1. The molecule has 1 aromatic rings. The molecule has 0 atom stereocenters. The second-order valence-electron chi connectivity index (χ2n) is 5.48. The largest absolute Gasteiger partial charge is 0.336 e. The number of hydrogen-bond donors (Lipinski definition) is 0. The second-order valence-corrected chi connectivity index (χ2v) is 6.33. The summed E-state index contributed by atoms with van der Waals surface area (Å²) in [4.78, 5) is 14.6. The van der Waals surface area contributed by atoms with Crippen LogP contribution in [0.4, 0.5) is 0 Å². The van der Waals surface area contributed by atoms with Crippen molar-refractivity contribution < 1.29 is 4.79 Å². The summed E-state index contributed by atoms with van der Waals surface area (Å²) in [5, 5.41) is 0. The van der Waals surface area contributed by atoms with Crippen LogP contribution in [0.3, 0.4) is 0 Å². The molecule has 1 aliphatic rings. The molecule has 0 aromatic heterocycles. The lowest BCUT2D eigenvalue weighted by atomic mass is 10.1. The van der Waals surface area contributed by atoms with Crippen LogP contribution in [0.25, 0.3) is 0 Å². The summed E-state index contributed by atoms with van der Waals surface area (Å²) in [5.74, 6) is 0.865.